The molecule has 9 nitrogen and oxygen atoms in total. The monoisotopic (exact) mass is 413 g/mol. The number of fused-ring (bicyclic) bond motifs is 4. The maximum absolute atomic E-state index is 4.75. The van der Waals surface area contributed by atoms with Gasteiger partial charge in [0.05, 0.1) is 6.20 Å². The molecule has 31 heavy (non-hydrogen) atoms. The van der Waals surface area contributed by atoms with Crippen molar-refractivity contribution >= 4 is 22.5 Å². The molecule has 5 aromatic rings. The van der Waals surface area contributed by atoms with Gasteiger partial charge in [-0.15, -0.1) is 0 Å². The highest BCUT2D eigenvalue weighted by Gasteiger charge is 2.24. The number of hydrogen-bond donors (Lipinski definition) is 2. The number of rotatable bonds is 4. The maximum Gasteiger partial charge on any atom is 0.257 e. The number of nitrogens with one attached hydrogen (secondary N) is 2. The van der Waals surface area contributed by atoms with E-state index in [1.165, 1.54) is 28.5 Å². The van der Waals surface area contributed by atoms with Crippen molar-refractivity contribution in [3.63, 3.8) is 0 Å². The van der Waals surface area contributed by atoms with E-state index in [9.17, 15) is 0 Å². The lowest BCUT2D eigenvalue weighted by Crippen LogP contribution is -2.29. The van der Waals surface area contributed by atoms with E-state index >= 15 is 0 Å². The molecule has 1 aliphatic rings. The summed E-state index contributed by atoms with van der Waals surface area (Å²) in [6, 6.07) is 8.77. The number of nitrogens with zero attached hydrogens (tertiary/aromatic N) is 7. The first kappa shape index (κ1) is 18.1. The van der Waals surface area contributed by atoms with Gasteiger partial charge in [0, 0.05) is 28.2 Å². The van der Waals surface area contributed by atoms with E-state index in [1.54, 1.807) is 15.5 Å². The maximum atomic E-state index is 4.75. The summed E-state index contributed by atoms with van der Waals surface area (Å²) in [7, 11) is 0. The topological polar surface area (TPSA) is 102 Å². The van der Waals surface area contributed by atoms with Crippen LogP contribution in [0.5, 0.6) is 0 Å². The summed E-state index contributed by atoms with van der Waals surface area (Å²) in [6.07, 6.45) is 7.93. The number of aromatic amines is 1. The van der Waals surface area contributed by atoms with Crippen LogP contribution in [0, 0.1) is 0 Å². The first-order valence-electron chi connectivity index (χ1n) is 10.6. The smallest absolute Gasteiger partial charge is 0.257 e. The normalized spacial score (nSPS) is 16.3. The summed E-state index contributed by atoms with van der Waals surface area (Å²) < 4.78 is 3.39. The van der Waals surface area contributed by atoms with Gasteiger partial charge in [-0.2, -0.15) is 29.4 Å². The molecule has 6 rings (SSSR count). The van der Waals surface area contributed by atoms with Gasteiger partial charge >= 0.3 is 0 Å². The van der Waals surface area contributed by atoms with Crippen LogP contribution in [0.1, 0.15) is 43.0 Å². The standard InChI is InChI=1S/C22H23N9/c1-13(2)17-10-24-31-20(17)28-21(30-12-23-11-25-30)29-22(31)26-14-7-8-19-16(9-14)15-5-3-4-6-18(15)27-19/h3-6,10-14,27H,7-9H2,1-2H3,(H,26,28,29). The number of H-pyrrole nitrogens is 1. The summed E-state index contributed by atoms with van der Waals surface area (Å²) in [4.78, 5) is 17.1. The van der Waals surface area contributed by atoms with E-state index < -0.39 is 0 Å². The molecule has 0 fully saturated rings. The molecule has 4 heterocycles. The van der Waals surface area contributed by atoms with E-state index in [1.807, 2.05) is 6.20 Å². The molecule has 0 aliphatic heterocycles. The molecule has 0 saturated carbocycles. The molecular weight excluding hydrogens is 390 g/mol. The Balaban J connectivity index is 1.40. The van der Waals surface area contributed by atoms with Crippen molar-refractivity contribution in [3.05, 3.63) is 59.9 Å². The molecule has 9 heteroatoms. The van der Waals surface area contributed by atoms with Crippen LogP contribution in [-0.2, 0) is 12.8 Å². The van der Waals surface area contributed by atoms with Crippen LogP contribution in [0.4, 0.5) is 5.95 Å². The third-order valence-electron chi connectivity index (χ3n) is 6.06. The molecule has 2 N–H and O–H groups in total. The fourth-order valence-corrected chi connectivity index (χ4v) is 4.47. The largest absolute Gasteiger partial charge is 0.358 e. The van der Waals surface area contributed by atoms with Crippen LogP contribution in [0.2, 0.25) is 0 Å². The van der Waals surface area contributed by atoms with Gasteiger partial charge in [0.1, 0.15) is 12.7 Å². The summed E-state index contributed by atoms with van der Waals surface area (Å²) in [5, 5.41) is 13.8. The molecule has 156 valence electrons. The summed E-state index contributed by atoms with van der Waals surface area (Å²) in [5.74, 6) is 1.46. The van der Waals surface area contributed by atoms with E-state index in [0.717, 1.165) is 30.5 Å². The number of aromatic nitrogens is 8. The van der Waals surface area contributed by atoms with Crippen LogP contribution in [0.15, 0.2) is 43.1 Å². The Morgan fingerprint density at radius 2 is 2.06 bits per heavy atom. The second-order valence-electron chi connectivity index (χ2n) is 8.39. The minimum absolute atomic E-state index is 0.250. The lowest BCUT2D eigenvalue weighted by molar-refractivity contribution is 0.598. The van der Waals surface area contributed by atoms with Gasteiger partial charge in [-0.05, 0) is 36.8 Å². The zero-order valence-electron chi connectivity index (χ0n) is 17.4. The molecule has 1 aliphatic carbocycles. The van der Waals surface area contributed by atoms with Crippen LogP contribution in [0.25, 0.3) is 22.5 Å². The van der Waals surface area contributed by atoms with Crippen molar-refractivity contribution in [1.82, 2.24) is 39.3 Å². The van der Waals surface area contributed by atoms with Crippen molar-refractivity contribution in [1.29, 1.82) is 0 Å². The Kier molecular flexibility index (Phi) is 4.02. The molecule has 0 amide bonds. The van der Waals surface area contributed by atoms with Gasteiger partial charge in [0.2, 0.25) is 5.95 Å². The molecule has 0 radical (unpaired) electrons. The van der Waals surface area contributed by atoms with E-state index in [0.29, 0.717) is 17.8 Å². The van der Waals surface area contributed by atoms with Gasteiger partial charge in [0.15, 0.2) is 5.65 Å². The lowest BCUT2D eigenvalue weighted by Gasteiger charge is -2.24. The van der Waals surface area contributed by atoms with Gasteiger partial charge in [0.25, 0.3) is 5.95 Å². The molecule has 0 spiro atoms. The van der Waals surface area contributed by atoms with Gasteiger partial charge in [-0.1, -0.05) is 32.0 Å². The second-order valence-corrected chi connectivity index (χ2v) is 8.39. The Morgan fingerprint density at radius 3 is 2.90 bits per heavy atom. The Labute approximate surface area is 178 Å². The van der Waals surface area contributed by atoms with E-state index in [4.69, 9.17) is 9.97 Å². The predicted octanol–water partition coefficient (Wildman–Crippen LogP) is 3.28. The van der Waals surface area contributed by atoms with Crippen molar-refractivity contribution in [2.45, 2.75) is 45.1 Å². The third kappa shape index (κ3) is 2.96. The Morgan fingerprint density at radius 1 is 1.16 bits per heavy atom. The third-order valence-corrected chi connectivity index (χ3v) is 6.06. The van der Waals surface area contributed by atoms with Crippen LogP contribution in [0.3, 0.4) is 0 Å². The highest BCUT2D eigenvalue weighted by Crippen LogP contribution is 2.30. The average molecular weight is 413 g/mol. The highest BCUT2D eigenvalue weighted by molar-refractivity contribution is 5.85. The van der Waals surface area contributed by atoms with Crippen LogP contribution in [-0.4, -0.2) is 45.4 Å². The number of hydrogen-bond acceptors (Lipinski definition) is 6. The first-order chi connectivity index (χ1) is 15.2. The van der Waals surface area contributed by atoms with Crippen LogP contribution < -0.4 is 5.32 Å². The molecule has 0 bridgehead atoms. The molecule has 0 saturated heterocycles. The van der Waals surface area contributed by atoms with Crippen LogP contribution >= 0.6 is 0 Å². The van der Waals surface area contributed by atoms with Gasteiger partial charge in [-0.3, -0.25) is 0 Å². The molecular formula is C22H23N9. The Bertz CT molecular complexity index is 1380. The van der Waals surface area contributed by atoms with Gasteiger partial charge in [-0.25, -0.2) is 4.98 Å². The van der Waals surface area contributed by atoms with Crippen molar-refractivity contribution in [2.75, 3.05) is 5.32 Å². The summed E-state index contributed by atoms with van der Waals surface area (Å²) in [6.45, 7) is 4.28. The zero-order chi connectivity index (χ0) is 20.9. The molecule has 1 atom stereocenters. The molecule has 1 unspecified atom stereocenters. The number of para-hydroxylation sites is 1. The SMILES string of the molecule is CC(C)c1cnn2c(NC3CCc4[nH]c5ccccc5c4C3)nc(-n3cncn3)nc12. The minimum Gasteiger partial charge on any atom is -0.358 e. The minimum atomic E-state index is 0.250. The fourth-order valence-electron chi connectivity index (χ4n) is 4.47. The number of benzene rings is 1. The lowest BCUT2D eigenvalue weighted by atomic mass is 9.91. The Hall–Kier alpha value is -3.75. The second kappa shape index (κ2) is 6.90. The molecule has 1 aromatic carbocycles. The first-order valence-corrected chi connectivity index (χ1v) is 10.6. The zero-order valence-corrected chi connectivity index (χ0v) is 17.4. The summed E-state index contributed by atoms with van der Waals surface area (Å²) in [5.41, 5.74) is 5.82. The van der Waals surface area contributed by atoms with E-state index in [-0.39, 0.29) is 6.04 Å². The van der Waals surface area contributed by atoms with Crippen molar-refractivity contribution in [2.24, 2.45) is 0 Å². The van der Waals surface area contributed by atoms with Gasteiger partial charge < -0.3 is 10.3 Å². The number of aryl methyl sites for hydroxylation is 1. The van der Waals surface area contributed by atoms with Crippen molar-refractivity contribution < 1.29 is 0 Å². The average Bonchev–Trinajstić information content (AvgIpc) is 3.51. The highest BCUT2D eigenvalue weighted by atomic mass is 15.4. The fraction of sp³-hybridized carbons (Fsp3) is 0.318. The van der Waals surface area contributed by atoms with E-state index in [2.05, 4.69) is 63.6 Å². The number of anilines is 1. The quantitative estimate of drug-likeness (QED) is 0.469. The predicted molar refractivity (Wildman–Crippen MR) is 118 cm³/mol. The molecule has 4 aromatic heterocycles. The summed E-state index contributed by atoms with van der Waals surface area (Å²) >= 11 is 0. The van der Waals surface area contributed by atoms with Crippen molar-refractivity contribution in [3.8, 4) is 5.95 Å².